The summed E-state index contributed by atoms with van der Waals surface area (Å²) in [7, 11) is 0. The first kappa shape index (κ1) is 10.8. The minimum atomic E-state index is 0.704. The lowest BCUT2D eigenvalue weighted by Gasteiger charge is -2.14. The topological polar surface area (TPSA) is 49.8 Å². The summed E-state index contributed by atoms with van der Waals surface area (Å²) in [5.41, 5.74) is 1.43. The second-order valence-electron chi connectivity index (χ2n) is 3.39. The summed E-state index contributed by atoms with van der Waals surface area (Å²) in [5, 5.41) is 6.50. The second kappa shape index (κ2) is 5.41. The van der Waals surface area contributed by atoms with E-state index in [4.69, 9.17) is 0 Å². The second-order valence-corrected chi connectivity index (χ2v) is 4.64. The first-order chi connectivity index (χ1) is 7.34. The molecule has 0 saturated heterocycles. The van der Waals surface area contributed by atoms with Crippen LogP contribution in [0.25, 0.3) is 0 Å². The van der Waals surface area contributed by atoms with Crippen LogP contribution in [0.2, 0.25) is 0 Å². The molecule has 4 nitrogen and oxygen atoms in total. The van der Waals surface area contributed by atoms with Gasteiger partial charge in [-0.1, -0.05) is 11.6 Å². The highest BCUT2D eigenvalue weighted by Crippen LogP contribution is 2.06. The molecule has 0 aromatic carbocycles. The molecule has 5 heteroatoms. The average Bonchev–Trinajstić information content (AvgIpc) is 2.30. The smallest absolute Gasteiger partial charge is 0.222 e. The van der Waals surface area contributed by atoms with Gasteiger partial charge in [-0.15, -0.1) is 0 Å². The number of hydrogen-bond acceptors (Lipinski definition) is 4. The molecule has 0 fully saturated rings. The third kappa shape index (κ3) is 3.42. The van der Waals surface area contributed by atoms with E-state index in [9.17, 15) is 0 Å². The van der Waals surface area contributed by atoms with E-state index in [-0.39, 0.29) is 0 Å². The van der Waals surface area contributed by atoms with Crippen molar-refractivity contribution in [1.82, 2.24) is 15.3 Å². The number of halogens is 1. The van der Waals surface area contributed by atoms with Gasteiger partial charge in [0.2, 0.25) is 5.95 Å². The lowest BCUT2D eigenvalue weighted by molar-refractivity contribution is 0.697. The molecule has 1 aliphatic heterocycles. The SMILES string of the molecule is Ic1cnc(NCC2=CCNCC2)nc1. The van der Waals surface area contributed by atoms with Crippen molar-refractivity contribution in [2.24, 2.45) is 0 Å². The molecule has 15 heavy (non-hydrogen) atoms. The summed E-state index contributed by atoms with van der Waals surface area (Å²) >= 11 is 2.20. The van der Waals surface area contributed by atoms with Crippen molar-refractivity contribution in [3.05, 3.63) is 27.6 Å². The Bertz CT molecular complexity index is 347. The van der Waals surface area contributed by atoms with Gasteiger partial charge in [-0.3, -0.25) is 0 Å². The van der Waals surface area contributed by atoms with E-state index in [0.29, 0.717) is 5.95 Å². The molecule has 0 amide bonds. The van der Waals surface area contributed by atoms with Crippen molar-refractivity contribution in [3.63, 3.8) is 0 Å². The fourth-order valence-corrected chi connectivity index (χ4v) is 1.70. The summed E-state index contributed by atoms with van der Waals surface area (Å²) in [6, 6.07) is 0. The fraction of sp³-hybridized carbons (Fsp3) is 0.400. The summed E-state index contributed by atoms with van der Waals surface area (Å²) < 4.78 is 1.05. The van der Waals surface area contributed by atoms with Crippen molar-refractivity contribution in [2.45, 2.75) is 6.42 Å². The number of nitrogens with one attached hydrogen (secondary N) is 2. The third-order valence-corrected chi connectivity index (χ3v) is 2.81. The van der Waals surface area contributed by atoms with Crippen molar-refractivity contribution in [1.29, 1.82) is 0 Å². The molecule has 1 aromatic rings. The maximum absolute atomic E-state index is 4.19. The monoisotopic (exact) mass is 316 g/mol. The highest BCUT2D eigenvalue weighted by atomic mass is 127. The van der Waals surface area contributed by atoms with Gasteiger partial charge >= 0.3 is 0 Å². The molecule has 2 rings (SSSR count). The molecular weight excluding hydrogens is 303 g/mol. The highest BCUT2D eigenvalue weighted by Gasteiger charge is 2.03. The van der Waals surface area contributed by atoms with Crippen molar-refractivity contribution < 1.29 is 0 Å². The van der Waals surface area contributed by atoms with E-state index in [1.54, 1.807) is 0 Å². The first-order valence-electron chi connectivity index (χ1n) is 4.94. The van der Waals surface area contributed by atoms with Crippen LogP contribution in [0.3, 0.4) is 0 Å². The molecule has 0 spiro atoms. The molecule has 0 unspecified atom stereocenters. The van der Waals surface area contributed by atoms with Gasteiger partial charge in [0.25, 0.3) is 0 Å². The van der Waals surface area contributed by atoms with Crippen LogP contribution < -0.4 is 10.6 Å². The van der Waals surface area contributed by atoms with Gasteiger partial charge in [-0.25, -0.2) is 9.97 Å². The minimum absolute atomic E-state index is 0.704. The Morgan fingerprint density at radius 3 is 2.87 bits per heavy atom. The quantitative estimate of drug-likeness (QED) is 0.654. The zero-order valence-electron chi connectivity index (χ0n) is 8.33. The summed E-state index contributed by atoms with van der Waals surface area (Å²) in [6.45, 7) is 2.90. The van der Waals surface area contributed by atoms with Gasteiger partial charge < -0.3 is 10.6 Å². The Balaban J connectivity index is 1.87. The molecule has 0 radical (unpaired) electrons. The Morgan fingerprint density at radius 1 is 1.40 bits per heavy atom. The molecular formula is C10H13IN4. The number of anilines is 1. The van der Waals surface area contributed by atoms with Crippen LogP contribution in [-0.4, -0.2) is 29.6 Å². The Kier molecular flexibility index (Phi) is 3.90. The standard InChI is InChI=1S/C10H13IN4/c11-9-6-14-10(15-7-9)13-5-8-1-3-12-4-2-8/h1,6-7,12H,2-5H2,(H,13,14,15). The van der Waals surface area contributed by atoms with E-state index in [1.165, 1.54) is 5.57 Å². The van der Waals surface area contributed by atoms with E-state index in [1.807, 2.05) is 12.4 Å². The molecule has 0 atom stereocenters. The van der Waals surface area contributed by atoms with Crippen molar-refractivity contribution >= 4 is 28.5 Å². The van der Waals surface area contributed by atoms with Crippen LogP contribution >= 0.6 is 22.6 Å². The fourth-order valence-electron chi connectivity index (χ4n) is 1.43. The molecule has 1 aromatic heterocycles. The molecule has 2 N–H and O–H groups in total. The van der Waals surface area contributed by atoms with Crippen LogP contribution in [0.1, 0.15) is 6.42 Å². The Hall–Kier alpha value is -0.690. The van der Waals surface area contributed by atoms with Gasteiger partial charge in [-0.05, 0) is 35.6 Å². The Morgan fingerprint density at radius 2 is 2.20 bits per heavy atom. The van der Waals surface area contributed by atoms with Crippen LogP contribution in [-0.2, 0) is 0 Å². The normalized spacial score (nSPS) is 15.9. The Labute approximate surface area is 103 Å². The van der Waals surface area contributed by atoms with Gasteiger partial charge in [0.1, 0.15) is 0 Å². The zero-order chi connectivity index (χ0) is 10.5. The average molecular weight is 316 g/mol. The van der Waals surface area contributed by atoms with Gasteiger partial charge in [0.05, 0.1) is 0 Å². The number of nitrogens with zero attached hydrogens (tertiary/aromatic N) is 2. The number of hydrogen-bond donors (Lipinski definition) is 2. The molecule has 80 valence electrons. The van der Waals surface area contributed by atoms with Crippen molar-refractivity contribution in [2.75, 3.05) is 25.0 Å². The highest BCUT2D eigenvalue weighted by molar-refractivity contribution is 14.1. The van der Waals surface area contributed by atoms with E-state index >= 15 is 0 Å². The summed E-state index contributed by atoms with van der Waals surface area (Å²) in [6.07, 6.45) is 6.96. The van der Waals surface area contributed by atoms with Crippen LogP contribution in [0, 0.1) is 3.57 Å². The van der Waals surface area contributed by atoms with Gasteiger partial charge in [0, 0.05) is 29.1 Å². The zero-order valence-corrected chi connectivity index (χ0v) is 10.5. The maximum atomic E-state index is 4.19. The molecule has 1 aliphatic rings. The third-order valence-electron chi connectivity index (χ3n) is 2.25. The lowest BCUT2D eigenvalue weighted by Crippen LogP contribution is -2.23. The number of rotatable bonds is 3. The lowest BCUT2D eigenvalue weighted by atomic mass is 10.1. The molecule has 0 bridgehead atoms. The van der Waals surface area contributed by atoms with Crippen LogP contribution in [0.15, 0.2) is 24.0 Å². The van der Waals surface area contributed by atoms with Crippen LogP contribution in [0.4, 0.5) is 5.95 Å². The van der Waals surface area contributed by atoms with Gasteiger partial charge in [-0.2, -0.15) is 0 Å². The van der Waals surface area contributed by atoms with E-state index < -0.39 is 0 Å². The summed E-state index contributed by atoms with van der Waals surface area (Å²) in [4.78, 5) is 8.38. The molecule has 2 heterocycles. The van der Waals surface area contributed by atoms with E-state index in [0.717, 1.165) is 29.6 Å². The predicted molar refractivity (Wildman–Crippen MR) is 68.8 cm³/mol. The maximum Gasteiger partial charge on any atom is 0.222 e. The summed E-state index contributed by atoms with van der Waals surface area (Å²) in [5.74, 6) is 0.704. The minimum Gasteiger partial charge on any atom is -0.350 e. The van der Waals surface area contributed by atoms with Crippen LogP contribution in [0.5, 0.6) is 0 Å². The van der Waals surface area contributed by atoms with Gasteiger partial charge in [0.15, 0.2) is 0 Å². The number of aromatic nitrogens is 2. The molecule has 0 aliphatic carbocycles. The van der Waals surface area contributed by atoms with E-state index in [2.05, 4.69) is 49.3 Å². The molecule has 0 saturated carbocycles. The first-order valence-corrected chi connectivity index (χ1v) is 6.02. The predicted octanol–water partition coefficient (Wildman–Crippen LogP) is 1.41. The largest absolute Gasteiger partial charge is 0.350 e. The van der Waals surface area contributed by atoms with Crippen molar-refractivity contribution in [3.8, 4) is 0 Å².